The van der Waals surface area contributed by atoms with E-state index in [0.717, 1.165) is 22.3 Å². The van der Waals surface area contributed by atoms with Crippen LogP contribution in [0.15, 0.2) is 16.7 Å². The van der Waals surface area contributed by atoms with E-state index in [4.69, 9.17) is 4.74 Å². The minimum atomic E-state index is 0.672. The molecule has 0 bridgehead atoms. The van der Waals surface area contributed by atoms with E-state index in [-0.39, 0.29) is 0 Å². The maximum atomic E-state index is 5.33. The summed E-state index contributed by atoms with van der Waals surface area (Å²) >= 11 is 3.42. The molecule has 0 unspecified atom stereocenters. The van der Waals surface area contributed by atoms with Crippen LogP contribution in [-0.4, -0.2) is 11.6 Å². The Balaban J connectivity index is 2.87. The van der Waals surface area contributed by atoms with E-state index in [2.05, 4.69) is 27.8 Å². The van der Waals surface area contributed by atoms with Crippen LogP contribution in [0.4, 0.5) is 0 Å². The largest absolute Gasteiger partial charge is 0.491 e. The molecular formula is C9H12BrNO. The topological polar surface area (TPSA) is 22.1 Å². The molecule has 12 heavy (non-hydrogen) atoms. The van der Waals surface area contributed by atoms with Crippen molar-refractivity contribution >= 4 is 15.9 Å². The second kappa shape index (κ2) is 4.45. The molecule has 0 saturated heterocycles. The molecule has 0 N–H and O–H groups in total. The molecular weight excluding hydrogens is 218 g/mol. The number of nitrogens with zero attached hydrogens (tertiary/aromatic N) is 1. The number of pyridine rings is 1. The predicted molar refractivity (Wildman–Crippen MR) is 52.5 cm³/mol. The van der Waals surface area contributed by atoms with Crippen LogP contribution >= 0.6 is 15.9 Å². The summed E-state index contributed by atoms with van der Waals surface area (Å²) in [5.74, 6) is 0.815. The van der Waals surface area contributed by atoms with Crippen LogP contribution in [0.1, 0.15) is 19.5 Å². The van der Waals surface area contributed by atoms with Crippen LogP contribution in [0.2, 0.25) is 0 Å². The molecule has 1 heterocycles. The van der Waals surface area contributed by atoms with Gasteiger partial charge in [0.1, 0.15) is 0 Å². The van der Waals surface area contributed by atoms with Crippen LogP contribution in [0.25, 0.3) is 0 Å². The highest BCUT2D eigenvalue weighted by Gasteiger charge is 2.01. The summed E-state index contributed by atoms with van der Waals surface area (Å²) in [7, 11) is 0. The standard InChI is InChI=1S/C9H12BrNO/c1-3-7-5-8(10)9(6-11-7)12-4-2/h5-6H,3-4H2,1-2H3. The van der Waals surface area contributed by atoms with Gasteiger partial charge in [-0.1, -0.05) is 6.92 Å². The highest BCUT2D eigenvalue weighted by atomic mass is 79.9. The third-order valence-corrected chi connectivity index (χ3v) is 2.16. The summed E-state index contributed by atoms with van der Waals surface area (Å²) < 4.78 is 6.31. The first-order valence-electron chi connectivity index (χ1n) is 4.05. The maximum Gasteiger partial charge on any atom is 0.151 e. The third kappa shape index (κ3) is 2.21. The van der Waals surface area contributed by atoms with E-state index in [1.54, 1.807) is 6.20 Å². The van der Waals surface area contributed by atoms with E-state index >= 15 is 0 Å². The second-order valence-electron chi connectivity index (χ2n) is 2.39. The molecule has 3 heteroatoms. The zero-order chi connectivity index (χ0) is 8.97. The van der Waals surface area contributed by atoms with Gasteiger partial charge in [-0.25, -0.2) is 0 Å². The first-order valence-corrected chi connectivity index (χ1v) is 4.84. The fourth-order valence-corrected chi connectivity index (χ4v) is 1.39. The molecule has 66 valence electrons. The Bertz CT molecular complexity index is 263. The number of halogens is 1. The second-order valence-corrected chi connectivity index (χ2v) is 3.25. The quantitative estimate of drug-likeness (QED) is 0.796. The molecule has 0 amide bonds. The van der Waals surface area contributed by atoms with Gasteiger partial charge in [-0.15, -0.1) is 0 Å². The van der Waals surface area contributed by atoms with Crippen LogP contribution in [0, 0.1) is 0 Å². The number of aromatic nitrogens is 1. The van der Waals surface area contributed by atoms with E-state index < -0.39 is 0 Å². The molecule has 0 aliphatic rings. The lowest BCUT2D eigenvalue weighted by Crippen LogP contribution is -1.95. The summed E-state index contributed by atoms with van der Waals surface area (Å²) in [5.41, 5.74) is 1.07. The van der Waals surface area contributed by atoms with Gasteiger partial charge in [-0.2, -0.15) is 0 Å². The molecule has 1 rings (SSSR count). The summed E-state index contributed by atoms with van der Waals surface area (Å²) in [4.78, 5) is 4.22. The van der Waals surface area contributed by atoms with Crippen molar-refractivity contribution in [1.29, 1.82) is 0 Å². The molecule has 1 aromatic rings. The molecule has 0 atom stereocenters. The lowest BCUT2D eigenvalue weighted by Gasteiger charge is -2.05. The fraction of sp³-hybridized carbons (Fsp3) is 0.444. The Morgan fingerprint density at radius 2 is 2.25 bits per heavy atom. The zero-order valence-electron chi connectivity index (χ0n) is 7.30. The smallest absolute Gasteiger partial charge is 0.151 e. The minimum absolute atomic E-state index is 0.672. The van der Waals surface area contributed by atoms with Crippen molar-refractivity contribution in [2.24, 2.45) is 0 Å². The van der Waals surface area contributed by atoms with Crippen molar-refractivity contribution in [3.05, 3.63) is 22.4 Å². The maximum absolute atomic E-state index is 5.33. The molecule has 0 radical (unpaired) electrons. The van der Waals surface area contributed by atoms with Crippen LogP contribution < -0.4 is 4.74 Å². The van der Waals surface area contributed by atoms with Crippen LogP contribution in [0.5, 0.6) is 5.75 Å². The molecule has 0 fully saturated rings. The average Bonchev–Trinajstić information content (AvgIpc) is 2.09. The SMILES string of the molecule is CCOc1cnc(CC)cc1Br. The highest BCUT2D eigenvalue weighted by molar-refractivity contribution is 9.10. The summed E-state index contributed by atoms with van der Waals surface area (Å²) in [5, 5.41) is 0. The lowest BCUT2D eigenvalue weighted by molar-refractivity contribution is 0.336. The Morgan fingerprint density at radius 3 is 2.75 bits per heavy atom. The van der Waals surface area contributed by atoms with Gasteiger partial charge in [0.05, 0.1) is 17.3 Å². The number of rotatable bonds is 3. The van der Waals surface area contributed by atoms with Crippen molar-refractivity contribution in [2.75, 3.05) is 6.61 Å². The van der Waals surface area contributed by atoms with Gasteiger partial charge in [0, 0.05) is 5.69 Å². The predicted octanol–water partition coefficient (Wildman–Crippen LogP) is 2.81. The number of ether oxygens (including phenoxy) is 1. The fourth-order valence-electron chi connectivity index (χ4n) is 0.913. The number of aryl methyl sites for hydroxylation is 1. The van der Waals surface area contributed by atoms with Gasteiger partial charge in [0.15, 0.2) is 5.75 Å². The first kappa shape index (κ1) is 9.52. The van der Waals surface area contributed by atoms with Crippen molar-refractivity contribution < 1.29 is 4.74 Å². The molecule has 0 aliphatic heterocycles. The van der Waals surface area contributed by atoms with Gasteiger partial charge >= 0.3 is 0 Å². The summed E-state index contributed by atoms with van der Waals surface area (Å²) in [6, 6.07) is 1.99. The van der Waals surface area contributed by atoms with Gasteiger partial charge in [0.2, 0.25) is 0 Å². The summed E-state index contributed by atoms with van der Waals surface area (Å²) in [6.45, 7) is 4.71. The number of hydrogen-bond acceptors (Lipinski definition) is 2. The minimum Gasteiger partial charge on any atom is -0.491 e. The van der Waals surface area contributed by atoms with Crippen molar-refractivity contribution in [3.8, 4) is 5.75 Å². The Labute approximate surface area is 81.1 Å². The molecule has 2 nitrogen and oxygen atoms in total. The Morgan fingerprint density at radius 1 is 1.50 bits per heavy atom. The molecule has 0 aromatic carbocycles. The van der Waals surface area contributed by atoms with E-state index in [9.17, 15) is 0 Å². The zero-order valence-corrected chi connectivity index (χ0v) is 8.89. The van der Waals surface area contributed by atoms with Crippen molar-refractivity contribution in [2.45, 2.75) is 20.3 Å². The lowest BCUT2D eigenvalue weighted by atomic mass is 10.3. The highest BCUT2D eigenvalue weighted by Crippen LogP contribution is 2.24. The van der Waals surface area contributed by atoms with E-state index in [0.29, 0.717) is 6.61 Å². The average molecular weight is 230 g/mol. The van der Waals surface area contributed by atoms with E-state index in [1.807, 2.05) is 13.0 Å². The molecule has 0 aliphatic carbocycles. The molecule has 0 spiro atoms. The van der Waals surface area contributed by atoms with Crippen LogP contribution in [0.3, 0.4) is 0 Å². The van der Waals surface area contributed by atoms with Crippen molar-refractivity contribution in [1.82, 2.24) is 4.98 Å². The summed E-state index contributed by atoms with van der Waals surface area (Å²) in [6.07, 6.45) is 2.71. The van der Waals surface area contributed by atoms with Gasteiger partial charge in [0.25, 0.3) is 0 Å². The monoisotopic (exact) mass is 229 g/mol. The number of hydrogen-bond donors (Lipinski definition) is 0. The Kier molecular flexibility index (Phi) is 3.53. The van der Waals surface area contributed by atoms with Crippen molar-refractivity contribution in [3.63, 3.8) is 0 Å². The van der Waals surface area contributed by atoms with Gasteiger partial charge in [-0.3, -0.25) is 4.98 Å². The Hall–Kier alpha value is -0.570. The third-order valence-electron chi connectivity index (χ3n) is 1.54. The normalized spacial score (nSPS) is 9.92. The van der Waals surface area contributed by atoms with Gasteiger partial charge < -0.3 is 4.74 Å². The first-order chi connectivity index (χ1) is 5.77. The van der Waals surface area contributed by atoms with Crippen LogP contribution in [-0.2, 0) is 6.42 Å². The van der Waals surface area contributed by atoms with E-state index in [1.165, 1.54) is 0 Å². The van der Waals surface area contributed by atoms with Gasteiger partial charge in [-0.05, 0) is 35.3 Å². The molecule has 1 aromatic heterocycles. The molecule has 0 saturated carbocycles.